The van der Waals surface area contributed by atoms with Gasteiger partial charge in [-0.05, 0) is 41.8 Å². The smallest absolute Gasteiger partial charge is 0.131 e. The Labute approximate surface area is 198 Å². The third-order valence-electron chi connectivity index (χ3n) is 7.78. The normalized spacial score (nSPS) is 27.9. The number of aliphatic hydroxyl groups excluding tert-OH is 1. The second-order valence-electron chi connectivity index (χ2n) is 9.35. The minimum Gasteiger partial charge on any atom is -0.497 e. The van der Waals surface area contributed by atoms with Crippen LogP contribution in [0, 0.1) is 11.8 Å². The number of benzene rings is 2. The van der Waals surface area contributed by atoms with Gasteiger partial charge in [-0.3, -0.25) is 4.98 Å². The molecule has 2 aromatic carbocycles. The lowest BCUT2D eigenvalue weighted by Gasteiger charge is -2.58. The lowest BCUT2D eigenvalue weighted by Crippen LogP contribution is -2.67. The number of halogens is 1. The molecule has 1 N–H and O–H groups in total. The van der Waals surface area contributed by atoms with Crippen LogP contribution in [0.2, 0.25) is 0 Å². The van der Waals surface area contributed by atoms with Crippen molar-refractivity contribution in [2.75, 3.05) is 20.2 Å². The molecule has 0 amide bonds. The van der Waals surface area contributed by atoms with Crippen molar-refractivity contribution in [3.63, 3.8) is 0 Å². The summed E-state index contributed by atoms with van der Waals surface area (Å²) in [5, 5.41) is 12.9. The SMILES string of the molecule is C=CC1C[N+]2(Cc3ccccc3Br)CCC1CC2C(O)c1ccnc2ccc(OC)cc12. The van der Waals surface area contributed by atoms with Crippen LogP contribution in [0.4, 0.5) is 0 Å². The van der Waals surface area contributed by atoms with E-state index in [1.165, 1.54) is 12.0 Å². The molecule has 0 saturated carbocycles. The zero-order chi connectivity index (χ0) is 22.3. The summed E-state index contributed by atoms with van der Waals surface area (Å²) in [6.07, 6.45) is 5.59. The number of rotatable bonds is 6. The van der Waals surface area contributed by atoms with Crippen molar-refractivity contribution in [3.05, 3.63) is 83.0 Å². The number of hydrogen-bond donors (Lipinski definition) is 1. The number of ether oxygens (including phenoxy) is 1. The van der Waals surface area contributed by atoms with Crippen LogP contribution >= 0.6 is 15.9 Å². The first kappa shape index (κ1) is 21.6. The molecule has 4 nitrogen and oxygen atoms in total. The summed E-state index contributed by atoms with van der Waals surface area (Å²) in [4.78, 5) is 4.52. The minimum atomic E-state index is -0.566. The van der Waals surface area contributed by atoms with E-state index in [0.717, 1.165) is 57.2 Å². The Morgan fingerprint density at radius 1 is 1.28 bits per heavy atom. The minimum absolute atomic E-state index is 0.133. The molecule has 0 aliphatic carbocycles. The Morgan fingerprint density at radius 3 is 2.91 bits per heavy atom. The third kappa shape index (κ3) is 3.66. The van der Waals surface area contributed by atoms with E-state index in [0.29, 0.717) is 11.8 Å². The molecule has 5 unspecified atom stereocenters. The van der Waals surface area contributed by atoms with Crippen molar-refractivity contribution >= 4 is 26.8 Å². The summed E-state index contributed by atoms with van der Waals surface area (Å²) in [6.45, 7) is 7.17. The number of pyridine rings is 1. The van der Waals surface area contributed by atoms with Gasteiger partial charge < -0.3 is 14.3 Å². The predicted octanol–water partition coefficient (Wildman–Crippen LogP) is 5.65. The standard InChI is InChI=1S/C27H30BrN2O2/c1-3-18-16-30(17-20-6-4-5-7-24(20)28)13-11-19(18)14-26(30)27(31)22-10-12-29-25-9-8-21(32-2)15-23(22)25/h3-10,12,15,18-19,26-27,31H,1,11,13-14,16-17H2,2H3/q+1. The summed E-state index contributed by atoms with van der Waals surface area (Å²) in [7, 11) is 1.67. The van der Waals surface area contributed by atoms with Gasteiger partial charge in [-0.25, -0.2) is 0 Å². The number of nitrogens with zero attached hydrogens (tertiary/aromatic N) is 2. The highest BCUT2D eigenvalue weighted by Gasteiger charge is 2.54. The van der Waals surface area contributed by atoms with Crippen molar-refractivity contribution in [1.29, 1.82) is 0 Å². The Morgan fingerprint density at radius 2 is 2.12 bits per heavy atom. The molecule has 4 heterocycles. The van der Waals surface area contributed by atoms with Gasteiger partial charge in [-0.15, -0.1) is 6.58 Å². The first-order valence-electron chi connectivity index (χ1n) is 11.4. The summed E-state index contributed by atoms with van der Waals surface area (Å²) < 4.78 is 7.50. The van der Waals surface area contributed by atoms with E-state index >= 15 is 0 Å². The van der Waals surface area contributed by atoms with Gasteiger partial charge in [0.25, 0.3) is 0 Å². The molecule has 3 saturated heterocycles. The fourth-order valence-corrected chi connectivity index (χ4v) is 6.50. The number of quaternary nitrogens is 1. The molecule has 1 aromatic heterocycles. The molecule has 2 bridgehead atoms. The van der Waals surface area contributed by atoms with E-state index in [1.807, 2.05) is 30.5 Å². The Hall–Kier alpha value is -2.21. The quantitative estimate of drug-likeness (QED) is 0.356. The maximum absolute atomic E-state index is 11.9. The van der Waals surface area contributed by atoms with Gasteiger partial charge in [-0.1, -0.05) is 40.2 Å². The van der Waals surface area contributed by atoms with Crippen molar-refractivity contribution in [2.24, 2.45) is 11.8 Å². The molecule has 32 heavy (non-hydrogen) atoms. The molecule has 0 radical (unpaired) electrons. The molecular formula is C27H30BrN2O2+. The van der Waals surface area contributed by atoms with Crippen LogP contribution < -0.4 is 4.74 Å². The van der Waals surface area contributed by atoms with Crippen molar-refractivity contribution < 1.29 is 14.3 Å². The van der Waals surface area contributed by atoms with Gasteiger partial charge in [0, 0.05) is 40.4 Å². The summed E-state index contributed by atoms with van der Waals surface area (Å²) in [5.41, 5.74) is 3.14. The van der Waals surface area contributed by atoms with Crippen LogP contribution in [0.25, 0.3) is 10.9 Å². The molecule has 3 fully saturated rings. The lowest BCUT2D eigenvalue weighted by atomic mass is 9.71. The molecule has 0 spiro atoms. The van der Waals surface area contributed by atoms with Gasteiger partial charge >= 0.3 is 0 Å². The molecular weight excluding hydrogens is 464 g/mol. The summed E-state index contributed by atoms with van der Waals surface area (Å²) in [5.74, 6) is 1.88. The number of piperidine rings is 3. The van der Waals surface area contributed by atoms with Crippen LogP contribution in [0.1, 0.15) is 30.1 Å². The number of methoxy groups -OCH3 is 1. The first-order valence-corrected chi connectivity index (χ1v) is 12.2. The highest BCUT2D eigenvalue weighted by atomic mass is 79.9. The number of aromatic nitrogens is 1. The first-order chi connectivity index (χ1) is 15.5. The average molecular weight is 494 g/mol. The zero-order valence-corrected chi connectivity index (χ0v) is 20.0. The Bertz CT molecular complexity index is 1150. The average Bonchev–Trinajstić information content (AvgIpc) is 2.84. The molecule has 3 aromatic rings. The van der Waals surface area contributed by atoms with E-state index < -0.39 is 6.10 Å². The molecule has 6 rings (SSSR count). The van der Waals surface area contributed by atoms with E-state index in [4.69, 9.17) is 4.74 Å². The van der Waals surface area contributed by atoms with E-state index in [2.05, 4.69) is 57.8 Å². The van der Waals surface area contributed by atoms with Crippen molar-refractivity contribution in [1.82, 2.24) is 4.98 Å². The van der Waals surface area contributed by atoms with Crippen molar-refractivity contribution in [3.8, 4) is 5.75 Å². The van der Waals surface area contributed by atoms with Crippen LogP contribution in [0.15, 0.2) is 71.9 Å². The number of aliphatic hydroxyl groups is 1. The fourth-order valence-electron chi connectivity index (χ4n) is 6.09. The van der Waals surface area contributed by atoms with Crippen molar-refractivity contribution in [2.45, 2.75) is 31.5 Å². The highest BCUT2D eigenvalue weighted by molar-refractivity contribution is 9.10. The second kappa shape index (κ2) is 8.62. The summed E-state index contributed by atoms with van der Waals surface area (Å²) >= 11 is 3.76. The van der Waals surface area contributed by atoms with Gasteiger partial charge in [0.1, 0.15) is 24.4 Å². The van der Waals surface area contributed by atoms with E-state index in [1.54, 1.807) is 7.11 Å². The molecule has 5 atom stereocenters. The van der Waals surface area contributed by atoms with Crippen LogP contribution in [-0.2, 0) is 6.54 Å². The van der Waals surface area contributed by atoms with Gasteiger partial charge in [0.2, 0.25) is 0 Å². The Balaban J connectivity index is 1.57. The fraction of sp³-hybridized carbons (Fsp3) is 0.370. The maximum atomic E-state index is 11.9. The highest BCUT2D eigenvalue weighted by Crippen LogP contribution is 2.48. The van der Waals surface area contributed by atoms with Crippen LogP contribution in [0.3, 0.4) is 0 Å². The maximum Gasteiger partial charge on any atom is 0.131 e. The molecule has 166 valence electrons. The third-order valence-corrected chi connectivity index (χ3v) is 8.56. The molecule has 5 heteroatoms. The van der Waals surface area contributed by atoms with Gasteiger partial charge in [0.15, 0.2) is 0 Å². The van der Waals surface area contributed by atoms with Crippen LogP contribution in [0.5, 0.6) is 5.75 Å². The summed E-state index contributed by atoms with van der Waals surface area (Å²) in [6, 6.07) is 16.5. The number of hydrogen-bond acceptors (Lipinski definition) is 3. The van der Waals surface area contributed by atoms with Crippen LogP contribution in [-0.4, -0.2) is 40.8 Å². The second-order valence-corrected chi connectivity index (χ2v) is 10.2. The Kier molecular flexibility index (Phi) is 5.82. The van der Waals surface area contributed by atoms with E-state index in [9.17, 15) is 5.11 Å². The largest absolute Gasteiger partial charge is 0.497 e. The number of fused-ring (bicyclic) bond motifs is 4. The topological polar surface area (TPSA) is 42.4 Å². The zero-order valence-electron chi connectivity index (χ0n) is 18.5. The molecule has 3 aliphatic heterocycles. The predicted molar refractivity (Wildman–Crippen MR) is 131 cm³/mol. The molecule has 3 aliphatic rings. The van der Waals surface area contributed by atoms with Gasteiger partial charge in [-0.2, -0.15) is 0 Å². The monoisotopic (exact) mass is 493 g/mol. The van der Waals surface area contributed by atoms with E-state index in [-0.39, 0.29) is 6.04 Å². The lowest BCUT2D eigenvalue weighted by molar-refractivity contribution is -0.985. The van der Waals surface area contributed by atoms with Gasteiger partial charge in [0.05, 0.1) is 25.7 Å².